The lowest BCUT2D eigenvalue weighted by atomic mass is 10.1. The number of hydrogen-bond donors (Lipinski definition) is 0. The summed E-state index contributed by atoms with van der Waals surface area (Å²) in [5.41, 5.74) is 1.46. The van der Waals surface area contributed by atoms with Crippen molar-refractivity contribution in [2.75, 3.05) is 0 Å². The van der Waals surface area contributed by atoms with Crippen LogP contribution in [0.25, 0.3) is 5.69 Å². The molecule has 10 heteroatoms. The predicted molar refractivity (Wildman–Crippen MR) is 104 cm³/mol. The number of rotatable bonds is 7. The lowest BCUT2D eigenvalue weighted by molar-refractivity contribution is -0.385. The Balaban J connectivity index is 1.90. The number of ketones is 1. The molecule has 0 amide bonds. The van der Waals surface area contributed by atoms with E-state index in [1.54, 1.807) is 36.6 Å². The van der Waals surface area contributed by atoms with Crippen LogP contribution in [-0.4, -0.2) is 26.5 Å². The Morgan fingerprint density at radius 2 is 1.83 bits per heavy atom. The van der Waals surface area contributed by atoms with Gasteiger partial charge in [0.05, 0.1) is 17.7 Å². The molecule has 0 saturated heterocycles. The molecule has 0 radical (unpaired) electrons. The molecule has 0 N–H and O–H groups in total. The average Bonchev–Trinajstić information content (AvgIpc) is 2.98. The summed E-state index contributed by atoms with van der Waals surface area (Å²) in [7, 11) is 0. The van der Waals surface area contributed by atoms with Crippen LogP contribution in [0.3, 0.4) is 0 Å². The number of carbonyl (C=O) groups is 1. The largest absolute Gasteiger partial charge is 0.435 e. The molecule has 0 bridgehead atoms. The van der Waals surface area contributed by atoms with Crippen molar-refractivity contribution in [3.8, 4) is 11.4 Å². The number of aromatic nitrogens is 2. The maximum atomic E-state index is 12.8. The van der Waals surface area contributed by atoms with Crippen LogP contribution < -0.4 is 10.3 Å². The van der Waals surface area contributed by atoms with Gasteiger partial charge < -0.3 is 13.9 Å². The van der Waals surface area contributed by atoms with E-state index < -0.39 is 22.9 Å². The molecule has 0 atom stereocenters. The molecule has 8 nitrogen and oxygen atoms in total. The molecule has 156 valence electrons. The summed E-state index contributed by atoms with van der Waals surface area (Å²) in [5, 5.41) is 10.9. The minimum absolute atomic E-state index is 0.0116. The molecule has 1 aromatic carbocycles. The maximum Gasteiger partial charge on any atom is 0.387 e. The second-order valence-electron chi connectivity index (χ2n) is 6.53. The highest BCUT2D eigenvalue weighted by Gasteiger charge is 2.19. The Hall–Kier alpha value is -3.82. The number of carbonyl (C=O) groups excluding carboxylic acids is 1. The van der Waals surface area contributed by atoms with Crippen molar-refractivity contribution in [2.24, 2.45) is 0 Å². The zero-order valence-corrected chi connectivity index (χ0v) is 16.0. The van der Waals surface area contributed by atoms with Gasteiger partial charge in [-0.25, -0.2) is 0 Å². The third-order valence-corrected chi connectivity index (χ3v) is 4.54. The highest BCUT2D eigenvalue weighted by atomic mass is 19.3. The second-order valence-corrected chi connectivity index (χ2v) is 6.53. The van der Waals surface area contributed by atoms with Crippen LogP contribution in [0.4, 0.5) is 14.5 Å². The smallest absolute Gasteiger partial charge is 0.387 e. The lowest BCUT2D eigenvalue weighted by Gasteiger charge is -2.11. The number of halogens is 2. The number of aryl methyl sites for hydroxylation is 1. The molecular weight excluding hydrogens is 400 g/mol. The van der Waals surface area contributed by atoms with Gasteiger partial charge in [0.15, 0.2) is 5.78 Å². The number of Topliss-reactive ketones (excluding diaryl/α,β-unsaturated/α-hetero) is 1. The SMILES string of the molecule is Cc1cc(C(=O)Cn2cc([N+](=O)[O-])ccc2=O)c(C)n1-c1ccc(OC(F)F)cc1. The topological polar surface area (TPSA) is 96.4 Å². The standard InChI is InChI=1S/C20H17F2N3O5/c1-12-9-17(18(26)11-23-10-15(25(28)29)5-8-19(23)27)13(2)24(12)14-3-6-16(7-4-14)30-20(21)22/h3-10,20H,11H2,1-2H3. The van der Waals surface area contributed by atoms with Crippen LogP contribution in [0.2, 0.25) is 0 Å². The maximum absolute atomic E-state index is 12.8. The van der Waals surface area contributed by atoms with E-state index in [2.05, 4.69) is 4.74 Å². The summed E-state index contributed by atoms with van der Waals surface area (Å²) in [4.78, 5) is 35.0. The Kier molecular flexibility index (Phi) is 5.77. The second kappa shape index (κ2) is 8.27. The third-order valence-electron chi connectivity index (χ3n) is 4.54. The highest BCUT2D eigenvalue weighted by Crippen LogP contribution is 2.24. The van der Waals surface area contributed by atoms with Gasteiger partial charge in [-0.2, -0.15) is 8.78 Å². The highest BCUT2D eigenvalue weighted by molar-refractivity contribution is 5.97. The summed E-state index contributed by atoms with van der Waals surface area (Å²) < 4.78 is 31.7. The number of nitrogens with zero attached hydrogens (tertiary/aromatic N) is 3. The van der Waals surface area contributed by atoms with Gasteiger partial charge in [0, 0.05) is 34.8 Å². The Morgan fingerprint density at radius 3 is 2.43 bits per heavy atom. The number of ether oxygens (including phenoxy) is 1. The van der Waals surface area contributed by atoms with E-state index in [4.69, 9.17) is 0 Å². The molecule has 2 heterocycles. The van der Waals surface area contributed by atoms with Gasteiger partial charge in [-0.05, 0) is 44.2 Å². The Labute approximate surface area is 169 Å². The minimum Gasteiger partial charge on any atom is -0.435 e. The van der Waals surface area contributed by atoms with Crippen LogP contribution in [0.5, 0.6) is 5.75 Å². The van der Waals surface area contributed by atoms with Crippen LogP contribution in [-0.2, 0) is 6.54 Å². The number of nitro groups is 1. The summed E-state index contributed by atoms with van der Waals surface area (Å²) in [6.07, 6.45) is 1.03. The van der Waals surface area contributed by atoms with Gasteiger partial charge in [-0.15, -0.1) is 0 Å². The fourth-order valence-corrected chi connectivity index (χ4v) is 3.21. The quantitative estimate of drug-likeness (QED) is 0.332. The summed E-state index contributed by atoms with van der Waals surface area (Å²) >= 11 is 0. The summed E-state index contributed by atoms with van der Waals surface area (Å²) in [5.74, 6) is -0.382. The first-order chi connectivity index (χ1) is 14.2. The summed E-state index contributed by atoms with van der Waals surface area (Å²) in [6, 6.07) is 9.71. The van der Waals surface area contributed by atoms with E-state index in [0.717, 1.165) is 22.9 Å². The van der Waals surface area contributed by atoms with Crippen molar-refractivity contribution in [2.45, 2.75) is 27.0 Å². The van der Waals surface area contributed by atoms with Crippen LogP contribution in [0.15, 0.2) is 53.5 Å². The minimum atomic E-state index is -2.92. The molecule has 3 aromatic rings. The average molecular weight is 417 g/mol. The summed E-state index contributed by atoms with van der Waals surface area (Å²) in [6.45, 7) is 0.200. The van der Waals surface area contributed by atoms with Gasteiger partial charge >= 0.3 is 6.61 Å². The molecule has 0 aliphatic heterocycles. The van der Waals surface area contributed by atoms with E-state index in [9.17, 15) is 28.5 Å². The molecule has 0 aliphatic carbocycles. The first kappa shape index (κ1) is 20.9. The van der Waals surface area contributed by atoms with Crippen molar-refractivity contribution in [1.29, 1.82) is 0 Å². The Bertz CT molecular complexity index is 1170. The number of hydrogen-bond acceptors (Lipinski definition) is 5. The molecule has 0 saturated carbocycles. The van der Waals surface area contributed by atoms with Crippen molar-refractivity contribution in [3.63, 3.8) is 0 Å². The van der Waals surface area contributed by atoms with Gasteiger partial charge in [0.25, 0.3) is 11.2 Å². The van der Waals surface area contributed by atoms with Crippen LogP contribution in [0, 0.1) is 24.0 Å². The molecular formula is C20H17F2N3O5. The molecule has 3 rings (SSSR count). The van der Waals surface area contributed by atoms with Crippen LogP contribution >= 0.6 is 0 Å². The fourth-order valence-electron chi connectivity index (χ4n) is 3.21. The fraction of sp³-hybridized carbons (Fsp3) is 0.200. The van der Waals surface area contributed by atoms with E-state index >= 15 is 0 Å². The molecule has 30 heavy (non-hydrogen) atoms. The first-order valence-corrected chi connectivity index (χ1v) is 8.79. The van der Waals surface area contributed by atoms with Crippen molar-refractivity contribution >= 4 is 11.5 Å². The van der Waals surface area contributed by atoms with Gasteiger partial charge in [0.2, 0.25) is 0 Å². The van der Waals surface area contributed by atoms with E-state index in [1.807, 2.05) is 0 Å². The predicted octanol–water partition coefficient (Wildman–Crippen LogP) is 3.65. The van der Waals surface area contributed by atoms with E-state index in [-0.39, 0.29) is 18.0 Å². The number of benzene rings is 1. The first-order valence-electron chi connectivity index (χ1n) is 8.79. The zero-order valence-electron chi connectivity index (χ0n) is 16.0. The molecule has 0 spiro atoms. The van der Waals surface area contributed by atoms with Crippen molar-refractivity contribution in [3.05, 3.63) is 86.1 Å². The monoisotopic (exact) mass is 417 g/mol. The van der Waals surface area contributed by atoms with E-state index in [0.29, 0.717) is 22.6 Å². The number of pyridine rings is 1. The molecule has 0 aliphatic rings. The van der Waals surface area contributed by atoms with Crippen LogP contribution in [0.1, 0.15) is 21.7 Å². The normalized spacial score (nSPS) is 11.0. The third kappa shape index (κ3) is 4.27. The number of alkyl halides is 2. The molecule has 0 fully saturated rings. The van der Waals surface area contributed by atoms with Crippen molar-refractivity contribution < 1.29 is 23.2 Å². The molecule has 0 unspecified atom stereocenters. The van der Waals surface area contributed by atoms with Gasteiger partial charge in [-0.3, -0.25) is 19.7 Å². The zero-order chi connectivity index (χ0) is 22.0. The molecule has 2 aromatic heterocycles. The van der Waals surface area contributed by atoms with Gasteiger partial charge in [-0.1, -0.05) is 0 Å². The Morgan fingerprint density at radius 1 is 1.17 bits per heavy atom. The van der Waals surface area contributed by atoms with E-state index in [1.165, 1.54) is 12.1 Å². The lowest BCUT2D eigenvalue weighted by Crippen LogP contribution is -2.23. The van der Waals surface area contributed by atoms with Crippen molar-refractivity contribution in [1.82, 2.24) is 9.13 Å². The van der Waals surface area contributed by atoms with Gasteiger partial charge in [0.1, 0.15) is 5.75 Å².